The van der Waals surface area contributed by atoms with E-state index in [9.17, 15) is 4.79 Å². The maximum absolute atomic E-state index is 10.7. The van der Waals surface area contributed by atoms with Gasteiger partial charge in [-0.15, -0.1) is 0 Å². The first kappa shape index (κ1) is 10.6. The Morgan fingerprint density at radius 2 is 2.06 bits per heavy atom. The zero-order valence-corrected chi connectivity index (χ0v) is 9.18. The maximum atomic E-state index is 10.7. The van der Waals surface area contributed by atoms with Crippen LogP contribution >= 0.6 is 0 Å². The molecule has 0 saturated carbocycles. The van der Waals surface area contributed by atoms with Gasteiger partial charge in [-0.05, 0) is 23.6 Å². The highest BCUT2D eigenvalue weighted by atomic mass is 16.1. The summed E-state index contributed by atoms with van der Waals surface area (Å²) in [4.78, 5) is 14.7. The Bertz CT molecular complexity index is 506. The van der Waals surface area contributed by atoms with Gasteiger partial charge in [0.2, 0.25) is 0 Å². The van der Waals surface area contributed by atoms with Crippen molar-refractivity contribution >= 4 is 6.29 Å². The predicted molar refractivity (Wildman–Crippen MR) is 64.4 cm³/mol. The molecule has 0 aliphatic heterocycles. The first-order valence-corrected chi connectivity index (χ1v) is 5.33. The smallest absolute Gasteiger partial charge is 0.151 e. The fourth-order valence-corrected chi connectivity index (χ4v) is 1.65. The lowest BCUT2D eigenvalue weighted by Crippen LogP contribution is -1.87. The number of benzene rings is 1. The molecule has 1 heterocycles. The number of hydrogen-bond donors (Lipinski definition) is 0. The number of aryl methyl sites for hydroxylation is 1. The molecule has 2 rings (SSSR count). The average molecular weight is 211 g/mol. The Kier molecular flexibility index (Phi) is 3.10. The highest BCUT2D eigenvalue weighted by molar-refractivity contribution is 5.78. The van der Waals surface area contributed by atoms with Crippen LogP contribution in [0.4, 0.5) is 0 Å². The van der Waals surface area contributed by atoms with Gasteiger partial charge in [0.25, 0.3) is 0 Å². The van der Waals surface area contributed by atoms with Crippen molar-refractivity contribution in [2.24, 2.45) is 0 Å². The normalized spacial score (nSPS) is 10.1. The Morgan fingerprint density at radius 3 is 2.81 bits per heavy atom. The number of rotatable bonds is 3. The number of carbonyl (C=O) groups excluding carboxylic acids is 1. The fraction of sp³-hybridized carbons (Fsp3) is 0.143. The Balaban J connectivity index is 2.45. The second kappa shape index (κ2) is 4.71. The Labute approximate surface area is 95.0 Å². The number of carbonyl (C=O) groups is 1. The summed E-state index contributed by atoms with van der Waals surface area (Å²) in [5.41, 5.74) is 3.99. The second-order valence-electron chi connectivity index (χ2n) is 3.68. The number of pyridine rings is 1. The number of nitrogens with zero attached hydrogens (tertiary/aromatic N) is 1. The van der Waals surface area contributed by atoms with Gasteiger partial charge in [-0.1, -0.05) is 31.2 Å². The molecule has 0 radical (unpaired) electrons. The first-order valence-electron chi connectivity index (χ1n) is 5.33. The zero-order chi connectivity index (χ0) is 11.4. The quantitative estimate of drug-likeness (QED) is 0.730. The summed E-state index contributed by atoms with van der Waals surface area (Å²) in [6, 6.07) is 10.1. The van der Waals surface area contributed by atoms with Crippen molar-refractivity contribution in [3.8, 4) is 11.1 Å². The van der Waals surface area contributed by atoms with Crippen LogP contribution in [0.15, 0.2) is 42.7 Å². The Hall–Kier alpha value is -1.96. The van der Waals surface area contributed by atoms with Gasteiger partial charge in [-0.2, -0.15) is 0 Å². The molecule has 16 heavy (non-hydrogen) atoms. The van der Waals surface area contributed by atoms with Crippen molar-refractivity contribution in [3.63, 3.8) is 0 Å². The minimum atomic E-state index is 0.611. The van der Waals surface area contributed by atoms with Gasteiger partial charge in [0.1, 0.15) is 0 Å². The van der Waals surface area contributed by atoms with Crippen LogP contribution in [-0.4, -0.2) is 11.3 Å². The maximum Gasteiger partial charge on any atom is 0.151 e. The highest BCUT2D eigenvalue weighted by Gasteiger charge is 2.00. The van der Waals surface area contributed by atoms with E-state index in [0.717, 1.165) is 23.8 Å². The van der Waals surface area contributed by atoms with Gasteiger partial charge in [-0.25, -0.2) is 0 Å². The molecular formula is C14H13NO. The third kappa shape index (κ3) is 2.16. The molecule has 1 aromatic heterocycles. The summed E-state index contributed by atoms with van der Waals surface area (Å²) in [7, 11) is 0. The summed E-state index contributed by atoms with van der Waals surface area (Å²) >= 11 is 0. The van der Waals surface area contributed by atoms with Crippen LogP contribution in [0.5, 0.6) is 0 Å². The molecule has 0 fully saturated rings. The van der Waals surface area contributed by atoms with Gasteiger partial charge in [0, 0.05) is 23.5 Å². The SMILES string of the molecule is CCc1cccc(-c2cncc(C=O)c2)c1. The molecule has 0 spiro atoms. The molecule has 0 bridgehead atoms. The fourth-order valence-electron chi connectivity index (χ4n) is 1.65. The van der Waals surface area contributed by atoms with Gasteiger partial charge in [-0.3, -0.25) is 9.78 Å². The van der Waals surface area contributed by atoms with E-state index in [1.54, 1.807) is 12.4 Å². The lowest BCUT2D eigenvalue weighted by atomic mass is 10.0. The van der Waals surface area contributed by atoms with Crippen LogP contribution in [0.2, 0.25) is 0 Å². The van der Waals surface area contributed by atoms with Crippen LogP contribution in [0, 0.1) is 0 Å². The van der Waals surface area contributed by atoms with Gasteiger partial charge < -0.3 is 0 Å². The topological polar surface area (TPSA) is 30.0 Å². The van der Waals surface area contributed by atoms with Crippen molar-refractivity contribution in [2.75, 3.05) is 0 Å². The second-order valence-corrected chi connectivity index (χ2v) is 3.68. The Morgan fingerprint density at radius 1 is 1.19 bits per heavy atom. The van der Waals surface area contributed by atoms with E-state index < -0.39 is 0 Å². The highest BCUT2D eigenvalue weighted by Crippen LogP contribution is 2.20. The standard InChI is InChI=1S/C14H13NO/c1-2-11-4-3-5-13(6-11)14-7-12(10-16)8-15-9-14/h3-10H,2H2,1H3. The molecule has 0 aliphatic carbocycles. The summed E-state index contributed by atoms with van der Waals surface area (Å²) < 4.78 is 0. The molecule has 0 aliphatic rings. The molecule has 2 aromatic rings. The molecule has 0 saturated heterocycles. The van der Waals surface area contributed by atoms with Crippen LogP contribution in [0.3, 0.4) is 0 Å². The summed E-state index contributed by atoms with van der Waals surface area (Å²) in [5.74, 6) is 0. The van der Waals surface area contributed by atoms with E-state index in [4.69, 9.17) is 0 Å². The van der Waals surface area contributed by atoms with Crippen LogP contribution in [0.25, 0.3) is 11.1 Å². The van der Waals surface area contributed by atoms with Crippen molar-refractivity contribution in [1.82, 2.24) is 4.98 Å². The first-order chi connectivity index (χ1) is 7.83. The van der Waals surface area contributed by atoms with Crippen molar-refractivity contribution in [1.29, 1.82) is 0 Å². The molecule has 0 N–H and O–H groups in total. The summed E-state index contributed by atoms with van der Waals surface area (Å²) in [6.07, 6.45) is 5.18. The predicted octanol–water partition coefficient (Wildman–Crippen LogP) is 3.12. The lowest BCUT2D eigenvalue weighted by molar-refractivity contribution is 0.112. The van der Waals surface area contributed by atoms with E-state index in [-0.39, 0.29) is 0 Å². The summed E-state index contributed by atoms with van der Waals surface area (Å²) in [6.45, 7) is 2.12. The monoisotopic (exact) mass is 211 g/mol. The van der Waals surface area contributed by atoms with E-state index in [1.165, 1.54) is 5.56 Å². The molecule has 2 nitrogen and oxygen atoms in total. The van der Waals surface area contributed by atoms with Crippen molar-refractivity contribution in [3.05, 3.63) is 53.9 Å². The lowest BCUT2D eigenvalue weighted by Gasteiger charge is -2.03. The van der Waals surface area contributed by atoms with Crippen LogP contribution < -0.4 is 0 Å². The van der Waals surface area contributed by atoms with Gasteiger partial charge in [0.15, 0.2) is 6.29 Å². The van der Waals surface area contributed by atoms with E-state index in [1.807, 2.05) is 18.2 Å². The molecule has 2 heteroatoms. The number of hydrogen-bond acceptors (Lipinski definition) is 2. The van der Waals surface area contributed by atoms with E-state index in [0.29, 0.717) is 5.56 Å². The van der Waals surface area contributed by atoms with Crippen molar-refractivity contribution in [2.45, 2.75) is 13.3 Å². The summed E-state index contributed by atoms with van der Waals surface area (Å²) in [5, 5.41) is 0. The van der Waals surface area contributed by atoms with Crippen LogP contribution in [-0.2, 0) is 6.42 Å². The van der Waals surface area contributed by atoms with Gasteiger partial charge >= 0.3 is 0 Å². The molecule has 0 atom stereocenters. The zero-order valence-electron chi connectivity index (χ0n) is 9.18. The molecule has 80 valence electrons. The third-order valence-electron chi connectivity index (χ3n) is 2.56. The minimum absolute atomic E-state index is 0.611. The molecular weight excluding hydrogens is 198 g/mol. The molecule has 0 amide bonds. The average Bonchev–Trinajstić information content (AvgIpc) is 2.39. The largest absolute Gasteiger partial charge is 0.298 e. The number of aldehydes is 1. The third-order valence-corrected chi connectivity index (χ3v) is 2.56. The molecule has 0 unspecified atom stereocenters. The van der Waals surface area contributed by atoms with Crippen molar-refractivity contribution < 1.29 is 4.79 Å². The van der Waals surface area contributed by atoms with E-state index >= 15 is 0 Å². The van der Waals surface area contributed by atoms with E-state index in [2.05, 4.69) is 24.0 Å². The molecule has 1 aromatic carbocycles. The number of aromatic nitrogens is 1. The minimum Gasteiger partial charge on any atom is -0.298 e. The van der Waals surface area contributed by atoms with Gasteiger partial charge in [0.05, 0.1) is 0 Å². The van der Waals surface area contributed by atoms with Crippen LogP contribution in [0.1, 0.15) is 22.8 Å².